The Morgan fingerprint density at radius 1 is 1.21 bits per heavy atom. The third-order valence-corrected chi connectivity index (χ3v) is 4.37. The molecule has 9 heteroatoms. The normalized spacial score (nSPS) is 13.5. The number of sulfonamides is 1. The van der Waals surface area contributed by atoms with Crippen LogP contribution in [0.5, 0.6) is 0 Å². The molecule has 0 radical (unpaired) electrons. The van der Waals surface area contributed by atoms with Gasteiger partial charge < -0.3 is 5.11 Å². The second-order valence-corrected chi connectivity index (χ2v) is 6.08. The SMILES string of the molecule is CCC(CC)(NS(=O)(=O)CCCC(F)(F)F)C(=O)O. The van der Waals surface area contributed by atoms with Gasteiger partial charge in [0.15, 0.2) is 0 Å². The van der Waals surface area contributed by atoms with Gasteiger partial charge in [0.2, 0.25) is 10.0 Å². The Labute approximate surface area is 110 Å². The molecular weight excluding hydrogens is 287 g/mol. The molecule has 0 aliphatic carbocycles. The van der Waals surface area contributed by atoms with Crippen LogP contribution in [-0.4, -0.2) is 37.0 Å². The number of carboxylic acids is 1. The predicted octanol–water partition coefficient (Wildman–Crippen LogP) is 1.89. The quantitative estimate of drug-likeness (QED) is 0.717. The average molecular weight is 305 g/mol. The molecule has 19 heavy (non-hydrogen) atoms. The van der Waals surface area contributed by atoms with Crippen molar-refractivity contribution in [1.82, 2.24) is 4.72 Å². The topological polar surface area (TPSA) is 83.5 Å². The Balaban J connectivity index is 4.71. The molecule has 0 heterocycles. The van der Waals surface area contributed by atoms with Gasteiger partial charge in [-0.15, -0.1) is 0 Å². The van der Waals surface area contributed by atoms with E-state index in [9.17, 15) is 26.4 Å². The molecule has 2 N–H and O–H groups in total. The van der Waals surface area contributed by atoms with E-state index in [2.05, 4.69) is 0 Å². The molecule has 0 aliphatic heterocycles. The zero-order valence-electron chi connectivity index (χ0n) is 10.7. The summed E-state index contributed by atoms with van der Waals surface area (Å²) in [5.41, 5.74) is -1.66. The lowest BCUT2D eigenvalue weighted by Crippen LogP contribution is -2.54. The van der Waals surface area contributed by atoms with Gasteiger partial charge >= 0.3 is 12.1 Å². The molecular formula is C10H18F3NO4S. The summed E-state index contributed by atoms with van der Waals surface area (Å²) < 4.78 is 61.0. The first-order valence-corrected chi connectivity index (χ1v) is 7.45. The zero-order chi connectivity index (χ0) is 15.3. The van der Waals surface area contributed by atoms with Crippen LogP contribution in [0.25, 0.3) is 0 Å². The van der Waals surface area contributed by atoms with Crippen molar-refractivity contribution < 1.29 is 31.5 Å². The van der Waals surface area contributed by atoms with Gasteiger partial charge in [-0.2, -0.15) is 17.9 Å². The minimum atomic E-state index is -4.42. The van der Waals surface area contributed by atoms with Crippen molar-refractivity contribution in [3.05, 3.63) is 0 Å². The number of hydrogen-bond acceptors (Lipinski definition) is 3. The second kappa shape index (κ2) is 6.56. The van der Waals surface area contributed by atoms with Crippen molar-refractivity contribution in [2.24, 2.45) is 0 Å². The average Bonchev–Trinajstić information content (AvgIpc) is 2.23. The van der Waals surface area contributed by atoms with E-state index >= 15 is 0 Å². The molecule has 0 spiro atoms. The zero-order valence-corrected chi connectivity index (χ0v) is 11.6. The van der Waals surface area contributed by atoms with Gasteiger partial charge in [0.1, 0.15) is 5.54 Å². The van der Waals surface area contributed by atoms with Gasteiger partial charge in [-0.05, 0) is 19.3 Å². The lowest BCUT2D eigenvalue weighted by molar-refractivity contribution is -0.144. The highest BCUT2D eigenvalue weighted by molar-refractivity contribution is 7.89. The first-order valence-electron chi connectivity index (χ1n) is 5.80. The highest BCUT2D eigenvalue weighted by Crippen LogP contribution is 2.22. The van der Waals surface area contributed by atoms with Crippen molar-refractivity contribution in [2.75, 3.05) is 5.75 Å². The van der Waals surface area contributed by atoms with E-state index in [1.54, 1.807) is 0 Å². The number of aliphatic carboxylic acids is 1. The molecule has 0 saturated carbocycles. The third kappa shape index (κ3) is 6.24. The van der Waals surface area contributed by atoms with Crippen LogP contribution in [0.15, 0.2) is 0 Å². The van der Waals surface area contributed by atoms with Crippen LogP contribution in [0.3, 0.4) is 0 Å². The molecule has 0 aliphatic rings. The van der Waals surface area contributed by atoms with Crippen LogP contribution < -0.4 is 4.72 Å². The molecule has 0 fully saturated rings. The van der Waals surface area contributed by atoms with E-state index in [1.807, 2.05) is 4.72 Å². The maximum absolute atomic E-state index is 11.9. The van der Waals surface area contributed by atoms with Crippen LogP contribution in [0.4, 0.5) is 13.2 Å². The standard InChI is InChI=1S/C10H18F3NO4S/c1-3-9(4-2,8(15)16)14-19(17,18)7-5-6-10(11,12)13/h14H,3-7H2,1-2H3,(H,15,16). The number of nitrogens with one attached hydrogen (secondary N) is 1. The fourth-order valence-corrected chi connectivity index (χ4v) is 3.15. The van der Waals surface area contributed by atoms with Gasteiger partial charge in [0.05, 0.1) is 5.75 Å². The van der Waals surface area contributed by atoms with Gasteiger partial charge in [-0.3, -0.25) is 4.79 Å². The summed E-state index contributed by atoms with van der Waals surface area (Å²) in [5.74, 6) is -2.08. The van der Waals surface area contributed by atoms with Crippen LogP contribution in [0.1, 0.15) is 39.5 Å². The Hall–Kier alpha value is -0.830. The van der Waals surface area contributed by atoms with Gasteiger partial charge in [-0.1, -0.05) is 13.8 Å². The summed E-state index contributed by atoms with van der Waals surface area (Å²) in [6, 6.07) is 0. The molecule has 0 aromatic heterocycles. The Kier molecular flexibility index (Phi) is 6.27. The van der Waals surface area contributed by atoms with Crippen molar-refractivity contribution in [2.45, 2.75) is 51.2 Å². The largest absolute Gasteiger partial charge is 0.480 e. The maximum atomic E-state index is 11.9. The van der Waals surface area contributed by atoms with E-state index < -0.39 is 46.3 Å². The molecule has 0 rings (SSSR count). The second-order valence-electron chi connectivity index (χ2n) is 4.23. The maximum Gasteiger partial charge on any atom is 0.389 e. The first-order chi connectivity index (χ1) is 8.48. The number of halogens is 3. The van der Waals surface area contributed by atoms with Crippen LogP contribution in [0.2, 0.25) is 0 Å². The molecule has 0 unspecified atom stereocenters. The van der Waals surface area contributed by atoms with Crippen LogP contribution >= 0.6 is 0 Å². The minimum absolute atomic E-state index is 0.0112. The lowest BCUT2D eigenvalue weighted by atomic mass is 9.95. The van der Waals surface area contributed by atoms with Crippen molar-refractivity contribution in [3.63, 3.8) is 0 Å². The minimum Gasteiger partial charge on any atom is -0.480 e. The van der Waals surface area contributed by atoms with Gasteiger partial charge in [0.25, 0.3) is 0 Å². The summed E-state index contributed by atoms with van der Waals surface area (Å²) in [4.78, 5) is 11.1. The Morgan fingerprint density at radius 3 is 2.00 bits per heavy atom. The van der Waals surface area contributed by atoms with Crippen LogP contribution in [-0.2, 0) is 14.8 Å². The molecule has 5 nitrogen and oxygen atoms in total. The van der Waals surface area contributed by atoms with E-state index in [0.29, 0.717) is 0 Å². The summed E-state index contributed by atoms with van der Waals surface area (Å²) in [6.07, 6.45) is -6.21. The molecule has 0 saturated heterocycles. The highest BCUT2D eigenvalue weighted by atomic mass is 32.2. The number of alkyl halides is 3. The summed E-state index contributed by atoms with van der Waals surface area (Å²) in [5, 5.41) is 9.03. The predicted molar refractivity (Wildman–Crippen MR) is 63.2 cm³/mol. The number of hydrogen-bond donors (Lipinski definition) is 2. The van der Waals surface area contributed by atoms with Crippen molar-refractivity contribution in [3.8, 4) is 0 Å². The summed E-state index contributed by atoms with van der Waals surface area (Å²) >= 11 is 0. The van der Waals surface area contributed by atoms with Gasteiger partial charge in [-0.25, -0.2) is 8.42 Å². The molecule has 0 bridgehead atoms. The van der Waals surface area contributed by atoms with Crippen molar-refractivity contribution in [1.29, 1.82) is 0 Å². The number of rotatable bonds is 8. The fourth-order valence-electron chi connectivity index (χ4n) is 1.55. The number of carboxylic acid groups (broad SMARTS) is 1. The van der Waals surface area contributed by atoms with E-state index in [1.165, 1.54) is 13.8 Å². The lowest BCUT2D eigenvalue weighted by Gasteiger charge is -2.27. The molecule has 0 aromatic carbocycles. The molecule has 114 valence electrons. The molecule has 0 aromatic rings. The Morgan fingerprint density at radius 2 is 1.68 bits per heavy atom. The molecule has 0 atom stereocenters. The van der Waals surface area contributed by atoms with E-state index in [-0.39, 0.29) is 12.8 Å². The van der Waals surface area contributed by atoms with E-state index in [0.717, 1.165) is 0 Å². The smallest absolute Gasteiger partial charge is 0.389 e. The van der Waals surface area contributed by atoms with Gasteiger partial charge in [0, 0.05) is 6.42 Å². The Bertz CT molecular complexity index is 401. The summed E-state index contributed by atoms with van der Waals surface area (Å²) in [7, 11) is -4.06. The van der Waals surface area contributed by atoms with Crippen molar-refractivity contribution >= 4 is 16.0 Å². The third-order valence-electron chi connectivity index (χ3n) is 2.84. The van der Waals surface area contributed by atoms with Crippen LogP contribution in [0, 0.1) is 0 Å². The monoisotopic (exact) mass is 305 g/mol. The highest BCUT2D eigenvalue weighted by Gasteiger charge is 2.39. The van der Waals surface area contributed by atoms with E-state index in [4.69, 9.17) is 5.11 Å². The first kappa shape index (κ1) is 18.2. The summed E-state index contributed by atoms with van der Waals surface area (Å²) in [6.45, 7) is 2.99. The molecule has 0 amide bonds. The fraction of sp³-hybridized carbons (Fsp3) is 0.900. The number of carbonyl (C=O) groups is 1.